The summed E-state index contributed by atoms with van der Waals surface area (Å²) in [6.07, 6.45) is 6.61. The molecule has 0 saturated heterocycles. The molecule has 0 bridgehead atoms. The molecule has 0 spiro atoms. The summed E-state index contributed by atoms with van der Waals surface area (Å²) in [7, 11) is 0. The molecule has 0 fully saturated rings. The number of oxime groups is 2. The van der Waals surface area contributed by atoms with E-state index in [1.165, 1.54) is 0 Å². The van der Waals surface area contributed by atoms with Crippen LogP contribution in [0.4, 0.5) is 0 Å². The van der Waals surface area contributed by atoms with E-state index in [-0.39, 0.29) is 0 Å². The van der Waals surface area contributed by atoms with Gasteiger partial charge in [-0.2, -0.15) is 0 Å². The molecule has 2 aromatic carbocycles. The SMILES string of the molecule is CCOc1ccc(C(CCCCCCCC(=NO)c2ccc(OCC)cc2)=NO)cc1. The van der Waals surface area contributed by atoms with Gasteiger partial charge in [0.25, 0.3) is 0 Å². The molecule has 0 atom stereocenters. The number of hydrogen-bond acceptors (Lipinski definition) is 6. The van der Waals surface area contributed by atoms with E-state index >= 15 is 0 Å². The molecule has 31 heavy (non-hydrogen) atoms. The smallest absolute Gasteiger partial charge is 0.119 e. The molecule has 6 heteroatoms. The number of benzene rings is 2. The van der Waals surface area contributed by atoms with Crippen LogP contribution in [-0.4, -0.2) is 35.1 Å². The average molecular weight is 427 g/mol. The topological polar surface area (TPSA) is 83.6 Å². The van der Waals surface area contributed by atoms with Gasteiger partial charge in [0.2, 0.25) is 0 Å². The fourth-order valence-electron chi connectivity index (χ4n) is 3.44. The van der Waals surface area contributed by atoms with Crippen molar-refractivity contribution in [2.75, 3.05) is 13.2 Å². The van der Waals surface area contributed by atoms with Crippen LogP contribution in [0.1, 0.15) is 69.9 Å². The minimum atomic E-state index is 0.631. The molecular formula is C25H34N2O4. The summed E-state index contributed by atoms with van der Waals surface area (Å²) in [6.45, 7) is 5.16. The van der Waals surface area contributed by atoms with Crippen molar-refractivity contribution in [1.82, 2.24) is 0 Å². The number of nitrogens with zero attached hydrogens (tertiary/aromatic N) is 2. The molecule has 168 valence electrons. The predicted molar refractivity (Wildman–Crippen MR) is 124 cm³/mol. The lowest BCUT2D eigenvalue weighted by atomic mass is 10.0. The standard InChI is InChI=1S/C25H34N2O4/c1-3-30-22-16-12-20(13-17-22)24(26-28)10-8-6-5-7-9-11-25(27-29)21-14-18-23(19-15-21)31-4-2/h12-19,28-29H,3-11H2,1-2H3. The van der Waals surface area contributed by atoms with Gasteiger partial charge < -0.3 is 19.9 Å². The van der Waals surface area contributed by atoms with Gasteiger partial charge in [-0.3, -0.25) is 0 Å². The molecule has 6 nitrogen and oxygen atoms in total. The number of rotatable bonds is 14. The molecule has 0 heterocycles. The Hall–Kier alpha value is -3.02. The summed E-state index contributed by atoms with van der Waals surface area (Å²) in [5.41, 5.74) is 3.25. The van der Waals surface area contributed by atoms with Gasteiger partial charge >= 0.3 is 0 Å². The minimum Gasteiger partial charge on any atom is -0.494 e. The third-order valence-electron chi connectivity index (χ3n) is 5.07. The predicted octanol–water partition coefficient (Wildman–Crippen LogP) is 6.27. The average Bonchev–Trinajstić information content (AvgIpc) is 2.80. The highest BCUT2D eigenvalue weighted by atomic mass is 16.5. The van der Waals surface area contributed by atoms with Crippen LogP contribution >= 0.6 is 0 Å². The van der Waals surface area contributed by atoms with E-state index in [2.05, 4.69) is 10.3 Å². The lowest BCUT2D eigenvalue weighted by Gasteiger charge is -2.08. The molecule has 0 aromatic heterocycles. The van der Waals surface area contributed by atoms with Crippen molar-refractivity contribution in [3.8, 4) is 11.5 Å². The molecular weight excluding hydrogens is 392 g/mol. The molecule has 0 radical (unpaired) electrons. The van der Waals surface area contributed by atoms with Crippen molar-refractivity contribution in [3.05, 3.63) is 59.7 Å². The third kappa shape index (κ3) is 8.32. The summed E-state index contributed by atoms with van der Waals surface area (Å²) in [6, 6.07) is 15.3. The Kier molecular flexibility index (Phi) is 11.0. The maximum Gasteiger partial charge on any atom is 0.119 e. The second-order valence-electron chi connectivity index (χ2n) is 7.28. The van der Waals surface area contributed by atoms with Crippen LogP contribution in [0.2, 0.25) is 0 Å². The third-order valence-corrected chi connectivity index (χ3v) is 5.07. The van der Waals surface area contributed by atoms with Crippen molar-refractivity contribution in [2.45, 2.75) is 58.8 Å². The summed E-state index contributed by atoms with van der Waals surface area (Å²) < 4.78 is 10.9. The maximum absolute atomic E-state index is 9.35. The Morgan fingerprint density at radius 1 is 0.613 bits per heavy atom. The number of hydrogen-bond donors (Lipinski definition) is 2. The Labute approximate surface area is 185 Å². The van der Waals surface area contributed by atoms with Gasteiger partial charge in [-0.25, -0.2) is 0 Å². The van der Waals surface area contributed by atoms with Crippen LogP contribution in [0.25, 0.3) is 0 Å². The van der Waals surface area contributed by atoms with Crippen molar-refractivity contribution >= 4 is 11.4 Å². The Morgan fingerprint density at radius 3 is 1.29 bits per heavy atom. The Balaban J connectivity index is 1.66. The largest absolute Gasteiger partial charge is 0.494 e. The van der Waals surface area contributed by atoms with Crippen LogP contribution in [0, 0.1) is 0 Å². The first-order chi connectivity index (χ1) is 15.2. The quantitative estimate of drug-likeness (QED) is 0.161. The van der Waals surface area contributed by atoms with E-state index in [0.29, 0.717) is 24.6 Å². The minimum absolute atomic E-state index is 0.631. The maximum atomic E-state index is 9.35. The van der Waals surface area contributed by atoms with E-state index in [1.807, 2.05) is 62.4 Å². The monoisotopic (exact) mass is 426 g/mol. The van der Waals surface area contributed by atoms with E-state index in [1.54, 1.807) is 0 Å². The van der Waals surface area contributed by atoms with E-state index < -0.39 is 0 Å². The van der Waals surface area contributed by atoms with Crippen LogP contribution < -0.4 is 9.47 Å². The molecule has 0 aliphatic rings. The number of unbranched alkanes of at least 4 members (excludes halogenated alkanes) is 4. The fraction of sp³-hybridized carbons (Fsp3) is 0.440. The van der Waals surface area contributed by atoms with Gasteiger partial charge in [0.1, 0.15) is 11.5 Å². The van der Waals surface area contributed by atoms with Crippen molar-refractivity contribution in [3.63, 3.8) is 0 Å². The number of ether oxygens (including phenoxy) is 2. The van der Waals surface area contributed by atoms with Crippen molar-refractivity contribution in [2.24, 2.45) is 10.3 Å². The zero-order valence-corrected chi connectivity index (χ0v) is 18.6. The van der Waals surface area contributed by atoms with E-state index in [0.717, 1.165) is 67.6 Å². The first-order valence-corrected chi connectivity index (χ1v) is 11.1. The van der Waals surface area contributed by atoms with Crippen LogP contribution in [-0.2, 0) is 0 Å². The first kappa shape index (κ1) is 24.3. The van der Waals surface area contributed by atoms with Crippen LogP contribution in [0.3, 0.4) is 0 Å². The van der Waals surface area contributed by atoms with Gasteiger partial charge in [-0.05, 0) is 99.2 Å². The molecule has 0 aliphatic carbocycles. The zero-order valence-electron chi connectivity index (χ0n) is 18.6. The van der Waals surface area contributed by atoms with E-state index in [9.17, 15) is 10.4 Å². The molecule has 2 N–H and O–H groups in total. The Bertz CT molecular complexity index is 745. The Morgan fingerprint density at radius 2 is 0.968 bits per heavy atom. The molecule has 0 aliphatic heterocycles. The van der Waals surface area contributed by atoms with Gasteiger partial charge in [-0.15, -0.1) is 0 Å². The highest BCUT2D eigenvalue weighted by Crippen LogP contribution is 2.18. The lowest BCUT2D eigenvalue weighted by molar-refractivity contribution is 0.317. The van der Waals surface area contributed by atoms with Gasteiger partial charge in [0.15, 0.2) is 0 Å². The molecule has 0 unspecified atom stereocenters. The first-order valence-electron chi connectivity index (χ1n) is 11.1. The second kappa shape index (κ2) is 14.1. The van der Waals surface area contributed by atoms with Crippen LogP contribution in [0.5, 0.6) is 11.5 Å². The summed E-state index contributed by atoms with van der Waals surface area (Å²) >= 11 is 0. The zero-order chi connectivity index (χ0) is 22.3. The normalized spacial score (nSPS) is 12.1. The highest BCUT2D eigenvalue weighted by molar-refractivity contribution is 6.00. The van der Waals surface area contributed by atoms with Crippen molar-refractivity contribution < 1.29 is 19.9 Å². The molecule has 0 amide bonds. The second-order valence-corrected chi connectivity index (χ2v) is 7.28. The summed E-state index contributed by atoms with van der Waals surface area (Å²) in [4.78, 5) is 0. The molecule has 0 saturated carbocycles. The van der Waals surface area contributed by atoms with E-state index in [4.69, 9.17) is 9.47 Å². The van der Waals surface area contributed by atoms with Gasteiger partial charge in [0, 0.05) is 0 Å². The van der Waals surface area contributed by atoms with Gasteiger partial charge in [-0.1, -0.05) is 29.6 Å². The molecule has 2 rings (SSSR count). The lowest BCUT2D eigenvalue weighted by Crippen LogP contribution is -2.02. The van der Waals surface area contributed by atoms with Crippen molar-refractivity contribution in [1.29, 1.82) is 0 Å². The summed E-state index contributed by atoms with van der Waals surface area (Å²) in [5.74, 6) is 1.64. The van der Waals surface area contributed by atoms with Crippen LogP contribution in [0.15, 0.2) is 58.8 Å². The molecule has 2 aromatic rings. The van der Waals surface area contributed by atoms with Gasteiger partial charge in [0.05, 0.1) is 24.6 Å². The fourth-order valence-corrected chi connectivity index (χ4v) is 3.44. The highest BCUT2D eigenvalue weighted by Gasteiger charge is 2.07. The summed E-state index contributed by atoms with van der Waals surface area (Å²) in [5, 5.41) is 25.7.